The molecule has 0 amide bonds. The molecule has 0 spiro atoms. The van der Waals surface area contributed by atoms with E-state index in [0.717, 1.165) is 17.0 Å². The van der Waals surface area contributed by atoms with Crippen LogP contribution in [0.15, 0.2) is 36.4 Å². The number of aliphatic hydroxyl groups excluding tert-OH is 1. The molecule has 0 aliphatic carbocycles. The maximum absolute atomic E-state index is 8.94. The fourth-order valence-corrected chi connectivity index (χ4v) is 2.19. The van der Waals surface area contributed by atoms with Gasteiger partial charge in [0.05, 0.1) is 17.8 Å². The predicted molar refractivity (Wildman–Crippen MR) is 69.6 cm³/mol. The largest absolute Gasteiger partial charge is 0.395 e. The minimum absolute atomic E-state index is 0.220. The molecule has 2 aromatic rings. The van der Waals surface area contributed by atoms with Gasteiger partial charge in [0.1, 0.15) is 0 Å². The summed E-state index contributed by atoms with van der Waals surface area (Å²) < 4.78 is 0. The molecule has 1 N–H and O–H groups in total. The lowest BCUT2D eigenvalue weighted by atomic mass is 10.2. The Morgan fingerprint density at radius 3 is 2.88 bits per heavy atom. The zero-order chi connectivity index (χ0) is 11.4. The summed E-state index contributed by atoms with van der Waals surface area (Å²) >= 11 is 1.73. The highest BCUT2D eigenvalue weighted by Gasteiger charge is 2.02. The number of aliphatic hydroxyl groups is 1. The van der Waals surface area contributed by atoms with E-state index < -0.39 is 0 Å². The van der Waals surface area contributed by atoms with Gasteiger partial charge in [0.25, 0.3) is 0 Å². The number of aromatic nitrogens is 1. The smallest absolute Gasteiger partial charge is 0.0705 e. The van der Waals surface area contributed by atoms with E-state index in [0.29, 0.717) is 0 Å². The Labute approximate surface area is 99.7 Å². The fraction of sp³-hybridized carbons (Fsp3) is 0.308. The van der Waals surface area contributed by atoms with Gasteiger partial charge in [-0.15, -0.1) is 0 Å². The molecule has 2 nitrogen and oxygen atoms in total. The van der Waals surface area contributed by atoms with Crippen LogP contribution in [0.25, 0.3) is 10.9 Å². The van der Waals surface area contributed by atoms with Crippen molar-refractivity contribution < 1.29 is 5.11 Å². The standard InChI is InChI=1S/C13H15NOS/c1-10(8-15)16-9-12-7-6-11-4-2-3-5-13(11)14-12/h2-7,10,15H,8-9H2,1H3. The van der Waals surface area contributed by atoms with Crippen LogP contribution in [-0.4, -0.2) is 21.9 Å². The Morgan fingerprint density at radius 1 is 1.25 bits per heavy atom. The van der Waals surface area contributed by atoms with E-state index in [2.05, 4.69) is 23.2 Å². The zero-order valence-electron chi connectivity index (χ0n) is 9.26. The van der Waals surface area contributed by atoms with Gasteiger partial charge in [-0.05, 0) is 12.1 Å². The van der Waals surface area contributed by atoms with Crippen molar-refractivity contribution in [3.63, 3.8) is 0 Å². The van der Waals surface area contributed by atoms with E-state index in [-0.39, 0.29) is 11.9 Å². The molecule has 0 aliphatic rings. The first-order valence-corrected chi connectivity index (χ1v) is 6.41. The summed E-state index contributed by atoms with van der Waals surface area (Å²) in [7, 11) is 0. The van der Waals surface area contributed by atoms with Crippen molar-refractivity contribution in [3.05, 3.63) is 42.1 Å². The van der Waals surface area contributed by atoms with Gasteiger partial charge < -0.3 is 5.11 Å². The van der Waals surface area contributed by atoms with Gasteiger partial charge in [-0.3, -0.25) is 4.98 Å². The van der Waals surface area contributed by atoms with E-state index in [1.165, 1.54) is 5.39 Å². The average Bonchev–Trinajstić information content (AvgIpc) is 2.35. The Kier molecular flexibility index (Phi) is 3.80. The molecule has 2 rings (SSSR count). The second-order valence-electron chi connectivity index (χ2n) is 3.80. The van der Waals surface area contributed by atoms with E-state index in [9.17, 15) is 0 Å². The molecule has 16 heavy (non-hydrogen) atoms. The van der Waals surface area contributed by atoms with Gasteiger partial charge in [-0.1, -0.05) is 31.2 Å². The number of rotatable bonds is 4. The van der Waals surface area contributed by atoms with Crippen LogP contribution in [0.3, 0.4) is 0 Å². The summed E-state index contributed by atoms with van der Waals surface area (Å²) in [6, 6.07) is 12.3. The Morgan fingerprint density at radius 2 is 2.06 bits per heavy atom. The van der Waals surface area contributed by atoms with Crippen molar-refractivity contribution in [1.29, 1.82) is 0 Å². The first kappa shape index (κ1) is 11.4. The monoisotopic (exact) mass is 233 g/mol. The fourth-order valence-electron chi connectivity index (χ4n) is 1.47. The predicted octanol–water partition coefficient (Wildman–Crippen LogP) is 2.85. The summed E-state index contributed by atoms with van der Waals surface area (Å²) in [5, 5.41) is 10.4. The molecule has 1 unspecified atom stereocenters. The van der Waals surface area contributed by atoms with Crippen LogP contribution >= 0.6 is 11.8 Å². The van der Waals surface area contributed by atoms with E-state index in [1.54, 1.807) is 11.8 Å². The number of benzene rings is 1. The van der Waals surface area contributed by atoms with Crippen molar-refractivity contribution in [2.75, 3.05) is 6.61 Å². The quantitative estimate of drug-likeness (QED) is 0.881. The number of hydrogen-bond donors (Lipinski definition) is 1. The van der Waals surface area contributed by atoms with Gasteiger partial charge in [-0.2, -0.15) is 11.8 Å². The van der Waals surface area contributed by atoms with Gasteiger partial charge in [0.15, 0.2) is 0 Å². The number of nitrogens with zero attached hydrogens (tertiary/aromatic N) is 1. The lowest BCUT2D eigenvalue weighted by molar-refractivity contribution is 0.300. The van der Waals surface area contributed by atoms with Crippen molar-refractivity contribution in [1.82, 2.24) is 4.98 Å². The lowest BCUT2D eigenvalue weighted by Crippen LogP contribution is -2.02. The second kappa shape index (κ2) is 5.32. The highest BCUT2D eigenvalue weighted by atomic mass is 32.2. The third-order valence-electron chi connectivity index (χ3n) is 2.43. The summed E-state index contributed by atoms with van der Waals surface area (Å²) in [6.45, 7) is 2.24. The zero-order valence-corrected chi connectivity index (χ0v) is 10.1. The van der Waals surface area contributed by atoms with Crippen LogP contribution in [0.2, 0.25) is 0 Å². The number of hydrogen-bond acceptors (Lipinski definition) is 3. The van der Waals surface area contributed by atoms with Crippen LogP contribution in [0.4, 0.5) is 0 Å². The van der Waals surface area contributed by atoms with Crippen LogP contribution < -0.4 is 0 Å². The van der Waals surface area contributed by atoms with Crippen LogP contribution in [-0.2, 0) is 5.75 Å². The van der Waals surface area contributed by atoms with Gasteiger partial charge >= 0.3 is 0 Å². The third-order valence-corrected chi connectivity index (χ3v) is 3.61. The Balaban J connectivity index is 2.13. The molecule has 0 radical (unpaired) electrons. The minimum atomic E-state index is 0.220. The van der Waals surface area contributed by atoms with Crippen LogP contribution in [0.5, 0.6) is 0 Å². The number of fused-ring (bicyclic) bond motifs is 1. The summed E-state index contributed by atoms with van der Waals surface area (Å²) in [5.41, 5.74) is 2.11. The van der Waals surface area contributed by atoms with Gasteiger partial charge in [-0.25, -0.2) is 0 Å². The highest BCUT2D eigenvalue weighted by molar-refractivity contribution is 7.99. The summed E-state index contributed by atoms with van der Waals surface area (Å²) in [5.74, 6) is 0.854. The molecular weight excluding hydrogens is 218 g/mol. The van der Waals surface area contributed by atoms with E-state index in [4.69, 9.17) is 5.11 Å². The van der Waals surface area contributed by atoms with E-state index >= 15 is 0 Å². The molecular formula is C13H15NOS. The molecule has 0 bridgehead atoms. The van der Waals surface area contributed by atoms with Crippen molar-refractivity contribution >= 4 is 22.7 Å². The molecule has 1 atom stereocenters. The first-order chi connectivity index (χ1) is 7.79. The molecule has 0 saturated heterocycles. The van der Waals surface area contributed by atoms with Gasteiger partial charge in [0.2, 0.25) is 0 Å². The van der Waals surface area contributed by atoms with Crippen LogP contribution in [0, 0.1) is 0 Å². The highest BCUT2D eigenvalue weighted by Crippen LogP contribution is 2.18. The normalized spacial score (nSPS) is 12.9. The van der Waals surface area contributed by atoms with Crippen molar-refractivity contribution in [3.8, 4) is 0 Å². The molecule has 0 aliphatic heterocycles. The molecule has 0 saturated carbocycles. The SMILES string of the molecule is CC(CO)SCc1ccc2ccccc2n1. The number of thioether (sulfide) groups is 1. The second-order valence-corrected chi connectivity index (χ2v) is 5.23. The minimum Gasteiger partial charge on any atom is -0.395 e. The molecule has 1 heterocycles. The summed E-state index contributed by atoms with van der Waals surface area (Å²) in [4.78, 5) is 4.58. The number of para-hydroxylation sites is 1. The van der Waals surface area contributed by atoms with Gasteiger partial charge in [0, 0.05) is 16.4 Å². The van der Waals surface area contributed by atoms with Crippen molar-refractivity contribution in [2.45, 2.75) is 17.9 Å². The topological polar surface area (TPSA) is 33.1 Å². The average molecular weight is 233 g/mol. The maximum Gasteiger partial charge on any atom is 0.0705 e. The summed E-state index contributed by atoms with van der Waals surface area (Å²) in [6.07, 6.45) is 0. The lowest BCUT2D eigenvalue weighted by Gasteiger charge is -2.07. The molecule has 84 valence electrons. The van der Waals surface area contributed by atoms with E-state index in [1.807, 2.05) is 25.1 Å². The van der Waals surface area contributed by atoms with Crippen molar-refractivity contribution in [2.24, 2.45) is 0 Å². The number of pyridine rings is 1. The van der Waals surface area contributed by atoms with Crippen LogP contribution in [0.1, 0.15) is 12.6 Å². The maximum atomic E-state index is 8.94. The Bertz CT molecular complexity index is 472. The third kappa shape index (κ3) is 2.74. The molecule has 0 fully saturated rings. The Hall–Kier alpha value is -1.06. The molecule has 1 aromatic carbocycles. The first-order valence-electron chi connectivity index (χ1n) is 5.37. The molecule has 3 heteroatoms. The molecule has 1 aromatic heterocycles.